The zero-order valence-electron chi connectivity index (χ0n) is 16.4. The van der Waals surface area contributed by atoms with Crippen LogP contribution in [-0.2, 0) is 6.54 Å². The van der Waals surface area contributed by atoms with Gasteiger partial charge >= 0.3 is 12.2 Å². The van der Waals surface area contributed by atoms with E-state index in [9.17, 15) is 4.79 Å². The fourth-order valence-electron chi connectivity index (χ4n) is 4.14. The second-order valence-corrected chi connectivity index (χ2v) is 8.34. The third-order valence-corrected chi connectivity index (χ3v) is 5.83. The molecule has 3 aromatic rings. The summed E-state index contributed by atoms with van der Waals surface area (Å²) < 4.78 is 6.96. The number of pyridine rings is 1. The van der Waals surface area contributed by atoms with E-state index in [0.717, 1.165) is 23.5 Å². The number of aromatic nitrogens is 4. The van der Waals surface area contributed by atoms with E-state index in [1.807, 2.05) is 6.92 Å². The maximum Gasteiger partial charge on any atom is 0.513 e. The van der Waals surface area contributed by atoms with Crippen molar-refractivity contribution in [2.75, 3.05) is 0 Å². The molecule has 3 heterocycles. The fraction of sp³-hybridized carbons (Fsp3) is 0.429. The van der Waals surface area contributed by atoms with E-state index < -0.39 is 6.16 Å². The van der Waals surface area contributed by atoms with Gasteiger partial charge in [0.05, 0.1) is 16.1 Å². The van der Waals surface area contributed by atoms with Gasteiger partial charge in [-0.15, -0.1) is 0 Å². The number of ether oxygens (including phenoxy) is 1. The maximum atomic E-state index is 11.0. The number of hydrogen-bond acceptors (Lipinski definition) is 5. The number of carboxylic acid groups (broad SMARTS) is 1. The van der Waals surface area contributed by atoms with Gasteiger partial charge in [0.1, 0.15) is 5.69 Å². The van der Waals surface area contributed by atoms with E-state index in [1.165, 1.54) is 25.7 Å². The van der Waals surface area contributed by atoms with Gasteiger partial charge < -0.3 is 14.4 Å². The highest BCUT2D eigenvalue weighted by Gasteiger charge is 2.23. The Morgan fingerprint density at radius 3 is 2.72 bits per heavy atom. The lowest BCUT2D eigenvalue weighted by Crippen LogP contribution is -2.17. The first-order valence-electron chi connectivity index (χ1n) is 9.80. The Kier molecular flexibility index (Phi) is 5.41. The van der Waals surface area contributed by atoms with Crippen molar-refractivity contribution in [1.82, 2.24) is 19.5 Å². The minimum atomic E-state index is -1.45. The van der Waals surface area contributed by atoms with Crippen LogP contribution in [-0.4, -0.2) is 30.8 Å². The molecule has 29 heavy (non-hydrogen) atoms. The molecular formula is C21H23ClN4O3. The molecule has 0 aromatic carbocycles. The highest BCUT2D eigenvalue weighted by molar-refractivity contribution is 6.30. The first-order chi connectivity index (χ1) is 13.9. The van der Waals surface area contributed by atoms with Crippen LogP contribution in [0.5, 0.6) is 6.01 Å². The molecule has 0 bridgehead atoms. The summed E-state index contributed by atoms with van der Waals surface area (Å²) in [5.74, 6) is 1.39. The van der Waals surface area contributed by atoms with Gasteiger partial charge in [-0.3, -0.25) is 4.98 Å². The van der Waals surface area contributed by atoms with Crippen molar-refractivity contribution in [3.63, 3.8) is 0 Å². The number of rotatable bonds is 4. The Hall–Kier alpha value is -2.67. The van der Waals surface area contributed by atoms with Gasteiger partial charge in [0, 0.05) is 30.7 Å². The highest BCUT2D eigenvalue weighted by Crippen LogP contribution is 2.35. The lowest BCUT2D eigenvalue weighted by Gasteiger charge is -2.26. The summed E-state index contributed by atoms with van der Waals surface area (Å²) in [5, 5.41) is 9.49. The molecule has 152 valence electrons. The second-order valence-electron chi connectivity index (χ2n) is 7.90. The van der Waals surface area contributed by atoms with Crippen LogP contribution in [0.25, 0.3) is 22.3 Å². The zero-order valence-corrected chi connectivity index (χ0v) is 17.2. The Labute approximate surface area is 173 Å². The first-order valence-corrected chi connectivity index (χ1v) is 10.2. The van der Waals surface area contributed by atoms with Crippen LogP contribution in [0.3, 0.4) is 0 Å². The van der Waals surface area contributed by atoms with Gasteiger partial charge in [0.25, 0.3) is 0 Å². The largest absolute Gasteiger partial charge is 0.513 e. The van der Waals surface area contributed by atoms with Gasteiger partial charge in [-0.1, -0.05) is 31.4 Å². The summed E-state index contributed by atoms with van der Waals surface area (Å²) in [6.45, 7) is 5.15. The lowest BCUT2D eigenvalue weighted by atomic mass is 9.83. The molecular weight excluding hydrogens is 392 g/mol. The summed E-state index contributed by atoms with van der Waals surface area (Å²) in [6, 6.07) is 1.56. The minimum Gasteiger partial charge on any atom is -0.449 e. The lowest BCUT2D eigenvalue weighted by molar-refractivity contribution is 0.140. The zero-order chi connectivity index (χ0) is 20.5. The molecule has 1 N–H and O–H groups in total. The van der Waals surface area contributed by atoms with Gasteiger partial charge in [-0.2, -0.15) is 9.97 Å². The van der Waals surface area contributed by atoms with Crippen molar-refractivity contribution in [1.29, 1.82) is 0 Å². The van der Waals surface area contributed by atoms with Gasteiger partial charge in [0.15, 0.2) is 0 Å². The standard InChI is InChI=1S/C21H23ClN4O3/c1-12-3-5-14(6-4-12)11-26-10-13(2)17-19(26)18(15-7-16(22)9-23-8-15)25-20(24-17)29-21(27)28/h7-10,12,14H,3-6,11H2,1-2H3,(H,27,28). The number of aryl methyl sites for hydroxylation is 1. The second kappa shape index (κ2) is 7.99. The average Bonchev–Trinajstić information content (AvgIpc) is 2.98. The van der Waals surface area contributed by atoms with Crippen LogP contribution in [0.4, 0.5) is 4.79 Å². The van der Waals surface area contributed by atoms with Crippen LogP contribution in [0, 0.1) is 18.8 Å². The third-order valence-electron chi connectivity index (χ3n) is 5.62. The van der Waals surface area contributed by atoms with Crippen LogP contribution < -0.4 is 4.74 Å². The van der Waals surface area contributed by atoms with Crippen LogP contribution in [0.1, 0.15) is 38.2 Å². The molecule has 8 heteroatoms. The number of fused-ring (bicyclic) bond motifs is 1. The van der Waals surface area contributed by atoms with Crippen LogP contribution >= 0.6 is 11.6 Å². The normalized spacial score (nSPS) is 19.4. The molecule has 1 fully saturated rings. The number of nitrogens with zero attached hydrogens (tertiary/aromatic N) is 4. The molecule has 0 spiro atoms. The molecule has 3 aromatic heterocycles. The molecule has 0 unspecified atom stereocenters. The predicted molar refractivity (Wildman–Crippen MR) is 110 cm³/mol. The molecule has 1 aliphatic carbocycles. The van der Waals surface area contributed by atoms with E-state index in [0.29, 0.717) is 27.7 Å². The molecule has 1 saturated carbocycles. The van der Waals surface area contributed by atoms with Gasteiger partial charge in [-0.25, -0.2) is 4.79 Å². The van der Waals surface area contributed by atoms with Crippen molar-refractivity contribution in [3.8, 4) is 17.3 Å². The van der Waals surface area contributed by atoms with E-state index in [-0.39, 0.29) is 6.01 Å². The average molecular weight is 415 g/mol. The van der Waals surface area contributed by atoms with E-state index in [4.69, 9.17) is 21.4 Å². The molecule has 0 atom stereocenters. The molecule has 0 radical (unpaired) electrons. The summed E-state index contributed by atoms with van der Waals surface area (Å²) in [7, 11) is 0. The summed E-state index contributed by atoms with van der Waals surface area (Å²) in [4.78, 5) is 24.0. The molecule has 0 aliphatic heterocycles. The van der Waals surface area contributed by atoms with Crippen LogP contribution in [0.2, 0.25) is 5.02 Å². The fourth-order valence-corrected chi connectivity index (χ4v) is 4.31. The molecule has 1 aliphatic rings. The van der Waals surface area contributed by atoms with Crippen molar-refractivity contribution in [2.24, 2.45) is 11.8 Å². The number of halogens is 1. The quantitative estimate of drug-likeness (QED) is 0.579. The topological polar surface area (TPSA) is 90.1 Å². The summed E-state index contributed by atoms with van der Waals surface area (Å²) in [6.07, 6.45) is 8.72. The Morgan fingerprint density at radius 2 is 2.03 bits per heavy atom. The summed E-state index contributed by atoms with van der Waals surface area (Å²) in [5.41, 5.74) is 3.73. The van der Waals surface area contributed by atoms with Crippen molar-refractivity contribution >= 4 is 28.8 Å². The van der Waals surface area contributed by atoms with Crippen molar-refractivity contribution < 1.29 is 14.6 Å². The van der Waals surface area contributed by atoms with Crippen molar-refractivity contribution in [2.45, 2.75) is 46.1 Å². The first kappa shape index (κ1) is 19.6. The smallest absolute Gasteiger partial charge is 0.449 e. The Bertz CT molecular complexity index is 1060. The SMILES string of the molecule is Cc1cn(CC2CCC(C)CC2)c2c(-c3cncc(Cl)c3)nc(OC(=O)O)nc12. The predicted octanol–water partition coefficient (Wildman–Crippen LogP) is 5.34. The summed E-state index contributed by atoms with van der Waals surface area (Å²) >= 11 is 6.15. The Morgan fingerprint density at radius 1 is 1.28 bits per heavy atom. The van der Waals surface area contributed by atoms with Crippen LogP contribution in [0.15, 0.2) is 24.7 Å². The van der Waals surface area contributed by atoms with E-state index in [2.05, 4.69) is 32.6 Å². The third kappa shape index (κ3) is 4.19. The van der Waals surface area contributed by atoms with E-state index in [1.54, 1.807) is 18.5 Å². The maximum absolute atomic E-state index is 11.0. The minimum absolute atomic E-state index is 0.202. The van der Waals surface area contributed by atoms with Gasteiger partial charge in [-0.05, 0) is 43.2 Å². The van der Waals surface area contributed by atoms with Crippen molar-refractivity contribution in [3.05, 3.63) is 35.2 Å². The number of carbonyl (C=O) groups is 1. The van der Waals surface area contributed by atoms with Gasteiger partial charge in [0.2, 0.25) is 0 Å². The molecule has 0 saturated heterocycles. The highest BCUT2D eigenvalue weighted by atomic mass is 35.5. The van der Waals surface area contributed by atoms with E-state index >= 15 is 0 Å². The molecule has 4 rings (SSSR count). The monoisotopic (exact) mass is 414 g/mol. The molecule has 0 amide bonds. The molecule has 7 nitrogen and oxygen atoms in total. The number of hydrogen-bond donors (Lipinski definition) is 1. The Balaban J connectivity index is 1.84.